The van der Waals surface area contributed by atoms with Crippen LogP contribution in [0.4, 0.5) is 10.8 Å². The lowest BCUT2D eigenvalue weighted by Crippen LogP contribution is -2.20. The predicted octanol–water partition coefficient (Wildman–Crippen LogP) is 4.17. The zero-order valence-corrected chi connectivity index (χ0v) is 18.7. The van der Waals surface area contributed by atoms with Crippen molar-refractivity contribution in [3.05, 3.63) is 68.9 Å². The number of nitrogens with one attached hydrogen (secondary N) is 1. The summed E-state index contributed by atoms with van der Waals surface area (Å²) in [7, 11) is -3.93. The quantitative estimate of drug-likeness (QED) is 0.396. The average molecular weight is 482 g/mol. The standard InChI is InChI=1S/C19H16ClN3O6S2/c1-11-7-14(8-12(2)18(11)20)29-10-16(24)22-19-21-9-17(30-19)31(27,28)15-5-3-13(4-6-15)23(25)26/h3-9H,10H2,1-2H3,(H,21,22,24). The fourth-order valence-corrected chi connectivity index (χ4v) is 5.16. The van der Waals surface area contributed by atoms with Crippen LogP contribution < -0.4 is 10.1 Å². The second-order valence-corrected chi connectivity index (χ2v) is 10.0. The number of amides is 1. The van der Waals surface area contributed by atoms with Crippen LogP contribution in [0, 0.1) is 24.0 Å². The first-order chi connectivity index (χ1) is 14.6. The van der Waals surface area contributed by atoms with Crippen LogP contribution >= 0.6 is 22.9 Å². The van der Waals surface area contributed by atoms with Gasteiger partial charge in [-0.05, 0) is 49.2 Å². The van der Waals surface area contributed by atoms with Gasteiger partial charge in [-0.2, -0.15) is 0 Å². The fourth-order valence-electron chi connectivity index (χ4n) is 2.60. The molecule has 9 nitrogen and oxygen atoms in total. The van der Waals surface area contributed by atoms with Crippen molar-refractivity contribution in [2.45, 2.75) is 23.0 Å². The first-order valence-electron chi connectivity index (χ1n) is 8.72. The largest absolute Gasteiger partial charge is 0.484 e. The van der Waals surface area contributed by atoms with Gasteiger partial charge in [0.15, 0.2) is 11.7 Å². The summed E-state index contributed by atoms with van der Waals surface area (Å²) < 4.78 is 30.7. The van der Waals surface area contributed by atoms with E-state index >= 15 is 0 Å². The minimum Gasteiger partial charge on any atom is -0.484 e. The van der Waals surface area contributed by atoms with Gasteiger partial charge >= 0.3 is 0 Å². The van der Waals surface area contributed by atoms with E-state index in [-0.39, 0.29) is 26.5 Å². The van der Waals surface area contributed by atoms with Crippen molar-refractivity contribution in [3.8, 4) is 5.75 Å². The van der Waals surface area contributed by atoms with Gasteiger partial charge in [-0.25, -0.2) is 13.4 Å². The van der Waals surface area contributed by atoms with Crippen molar-refractivity contribution < 1.29 is 22.9 Å². The minimum atomic E-state index is -3.93. The molecule has 2 aromatic carbocycles. The molecule has 0 atom stereocenters. The van der Waals surface area contributed by atoms with Gasteiger partial charge in [0.05, 0.1) is 16.0 Å². The van der Waals surface area contributed by atoms with Crippen LogP contribution in [0.5, 0.6) is 5.75 Å². The highest BCUT2D eigenvalue weighted by molar-refractivity contribution is 7.93. The van der Waals surface area contributed by atoms with Crippen LogP contribution in [0.15, 0.2) is 51.7 Å². The first-order valence-corrected chi connectivity index (χ1v) is 11.4. The Labute approximate surface area is 186 Å². The molecule has 0 radical (unpaired) electrons. The van der Waals surface area contributed by atoms with Gasteiger partial charge in [-0.3, -0.25) is 20.2 Å². The van der Waals surface area contributed by atoms with Crippen LogP contribution in [0.3, 0.4) is 0 Å². The molecule has 31 heavy (non-hydrogen) atoms. The highest BCUT2D eigenvalue weighted by Gasteiger charge is 2.22. The van der Waals surface area contributed by atoms with Crippen LogP contribution in [0.1, 0.15) is 11.1 Å². The van der Waals surface area contributed by atoms with E-state index in [0.29, 0.717) is 10.8 Å². The molecule has 0 aliphatic heterocycles. The van der Waals surface area contributed by atoms with Crippen molar-refractivity contribution in [1.82, 2.24) is 4.98 Å². The molecule has 0 aliphatic rings. The summed E-state index contributed by atoms with van der Waals surface area (Å²) >= 11 is 6.87. The fraction of sp³-hybridized carbons (Fsp3) is 0.158. The van der Waals surface area contributed by atoms with Crippen LogP contribution in [0.2, 0.25) is 5.02 Å². The molecule has 0 saturated carbocycles. The molecule has 0 fully saturated rings. The number of sulfone groups is 1. The molecule has 162 valence electrons. The molecule has 12 heteroatoms. The highest BCUT2D eigenvalue weighted by Crippen LogP contribution is 2.30. The summed E-state index contributed by atoms with van der Waals surface area (Å²) in [6.45, 7) is 3.35. The van der Waals surface area contributed by atoms with Crippen molar-refractivity contribution in [2.75, 3.05) is 11.9 Å². The van der Waals surface area contributed by atoms with Crippen LogP contribution in [-0.4, -0.2) is 30.8 Å². The number of thiazole rings is 1. The second-order valence-electron chi connectivity index (χ2n) is 6.45. The predicted molar refractivity (Wildman–Crippen MR) is 116 cm³/mol. The second kappa shape index (κ2) is 9.00. The minimum absolute atomic E-state index is 0.0811. The molecule has 0 bridgehead atoms. The average Bonchev–Trinajstić information content (AvgIpc) is 3.19. The van der Waals surface area contributed by atoms with E-state index in [9.17, 15) is 23.3 Å². The van der Waals surface area contributed by atoms with Gasteiger partial charge in [0.1, 0.15) is 9.96 Å². The molecular formula is C19H16ClN3O6S2. The van der Waals surface area contributed by atoms with Gasteiger partial charge < -0.3 is 4.74 Å². The Balaban J connectivity index is 1.66. The first kappa shape index (κ1) is 22.7. The van der Waals surface area contributed by atoms with Crippen molar-refractivity contribution in [2.24, 2.45) is 0 Å². The van der Waals surface area contributed by atoms with Crippen molar-refractivity contribution in [3.63, 3.8) is 0 Å². The smallest absolute Gasteiger partial charge is 0.269 e. The maximum Gasteiger partial charge on any atom is 0.269 e. The lowest BCUT2D eigenvalue weighted by molar-refractivity contribution is -0.384. The molecule has 0 aliphatic carbocycles. The number of rotatable bonds is 7. The van der Waals surface area contributed by atoms with E-state index in [1.54, 1.807) is 12.1 Å². The zero-order chi connectivity index (χ0) is 22.8. The molecule has 0 spiro atoms. The van der Waals surface area contributed by atoms with Crippen LogP contribution in [0.25, 0.3) is 0 Å². The monoisotopic (exact) mass is 481 g/mol. The molecular weight excluding hydrogens is 466 g/mol. The highest BCUT2D eigenvalue weighted by atomic mass is 35.5. The summed E-state index contributed by atoms with van der Waals surface area (Å²) in [5.41, 5.74) is 1.42. The van der Waals surface area contributed by atoms with E-state index in [1.165, 1.54) is 0 Å². The number of aromatic nitrogens is 1. The number of halogens is 1. The molecule has 1 heterocycles. The molecule has 1 N–H and O–H groups in total. The number of aryl methyl sites for hydroxylation is 2. The summed E-state index contributed by atoms with van der Waals surface area (Å²) in [6, 6.07) is 7.93. The lowest BCUT2D eigenvalue weighted by Gasteiger charge is -2.09. The third-order valence-corrected chi connectivity index (χ3v) is 7.87. The number of nitro groups is 1. The number of nitro benzene ring substituents is 1. The van der Waals surface area contributed by atoms with E-state index in [4.69, 9.17) is 16.3 Å². The van der Waals surface area contributed by atoms with Crippen LogP contribution in [-0.2, 0) is 14.6 Å². The molecule has 1 amide bonds. The number of hydrogen-bond donors (Lipinski definition) is 1. The van der Waals surface area contributed by atoms with Gasteiger partial charge in [-0.15, -0.1) is 0 Å². The number of carbonyl (C=O) groups is 1. The molecule has 1 aromatic heterocycles. The Morgan fingerprint density at radius 1 is 1.23 bits per heavy atom. The third-order valence-electron chi connectivity index (χ3n) is 4.13. The Morgan fingerprint density at radius 3 is 2.42 bits per heavy atom. The van der Waals surface area contributed by atoms with E-state index in [0.717, 1.165) is 52.9 Å². The summed E-state index contributed by atoms with van der Waals surface area (Å²) in [4.78, 5) is 26.0. The van der Waals surface area contributed by atoms with Gasteiger partial charge in [0.25, 0.3) is 11.6 Å². The lowest BCUT2D eigenvalue weighted by atomic mass is 10.1. The van der Waals surface area contributed by atoms with Crippen molar-refractivity contribution in [1.29, 1.82) is 0 Å². The van der Waals surface area contributed by atoms with E-state index < -0.39 is 20.7 Å². The maximum absolute atomic E-state index is 12.7. The topological polar surface area (TPSA) is 128 Å². The Bertz CT molecular complexity index is 1230. The Kier molecular flexibility index (Phi) is 6.58. The molecule has 0 unspecified atom stereocenters. The number of nitrogens with zero attached hydrogens (tertiary/aromatic N) is 2. The van der Waals surface area contributed by atoms with E-state index in [1.807, 2.05) is 13.8 Å². The number of benzene rings is 2. The number of hydrogen-bond acceptors (Lipinski definition) is 8. The van der Waals surface area contributed by atoms with Gasteiger partial charge in [-0.1, -0.05) is 22.9 Å². The Hall–Kier alpha value is -3.02. The van der Waals surface area contributed by atoms with E-state index in [2.05, 4.69) is 10.3 Å². The summed E-state index contributed by atoms with van der Waals surface area (Å²) in [5, 5.41) is 13.9. The number of ether oxygens (including phenoxy) is 1. The van der Waals surface area contributed by atoms with Crippen molar-refractivity contribution >= 4 is 49.5 Å². The SMILES string of the molecule is Cc1cc(OCC(=O)Nc2ncc(S(=O)(=O)c3ccc([N+](=O)[O-])cc3)s2)cc(C)c1Cl. The third kappa shape index (κ3) is 5.19. The number of non-ortho nitro benzene ring substituents is 1. The number of carbonyl (C=O) groups excluding carboxylic acids is 1. The maximum atomic E-state index is 12.7. The molecule has 3 rings (SSSR count). The Morgan fingerprint density at radius 2 is 1.84 bits per heavy atom. The summed E-state index contributed by atoms with van der Waals surface area (Å²) in [5.74, 6) is -0.0333. The van der Waals surface area contributed by atoms with Gasteiger partial charge in [0, 0.05) is 17.2 Å². The normalized spacial score (nSPS) is 11.2. The summed E-state index contributed by atoms with van der Waals surface area (Å²) in [6.07, 6.45) is 1.11. The number of anilines is 1. The van der Waals surface area contributed by atoms with Gasteiger partial charge in [0.2, 0.25) is 9.84 Å². The molecule has 0 saturated heterocycles. The zero-order valence-electron chi connectivity index (χ0n) is 16.3. The molecule has 3 aromatic rings.